The Labute approximate surface area is 110 Å². The van der Waals surface area contributed by atoms with Gasteiger partial charge in [-0.05, 0) is 38.4 Å². The van der Waals surface area contributed by atoms with E-state index in [4.69, 9.17) is 4.42 Å². The van der Waals surface area contributed by atoms with E-state index in [1.165, 1.54) is 12.8 Å². The van der Waals surface area contributed by atoms with Crippen LogP contribution in [-0.2, 0) is 13.0 Å². The fourth-order valence-electron chi connectivity index (χ4n) is 2.72. The maximum Gasteiger partial charge on any atom is 0.118 e. The fourth-order valence-corrected chi connectivity index (χ4v) is 2.72. The fraction of sp³-hybridized carbons (Fsp3) is 0.733. The molecule has 1 saturated carbocycles. The first-order valence-electron chi connectivity index (χ1n) is 7.10. The molecule has 18 heavy (non-hydrogen) atoms. The molecule has 0 aromatic carbocycles. The van der Waals surface area contributed by atoms with Crippen molar-refractivity contribution in [3.05, 3.63) is 23.7 Å². The average Bonchev–Trinajstić information content (AvgIpc) is 2.96. The second-order valence-electron chi connectivity index (χ2n) is 5.64. The largest absolute Gasteiger partial charge is 0.465 e. The summed E-state index contributed by atoms with van der Waals surface area (Å²) in [6.45, 7) is 3.86. The number of aliphatic hydroxyl groups is 1. The minimum atomic E-state index is -0.397. The van der Waals surface area contributed by atoms with Crippen LogP contribution in [0.3, 0.4) is 0 Å². The van der Waals surface area contributed by atoms with Crippen LogP contribution in [0, 0.1) is 0 Å². The van der Waals surface area contributed by atoms with E-state index in [-0.39, 0.29) is 0 Å². The number of nitrogens with zero attached hydrogens (tertiary/aromatic N) is 1. The van der Waals surface area contributed by atoms with Crippen LogP contribution in [0.25, 0.3) is 0 Å². The van der Waals surface area contributed by atoms with E-state index < -0.39 is 5.60 Å². The van der Waals surface area contributed by atoms with Crippen LogP contribution in [0.15, 0.2) is 16.5 Å². The molecule has 0 bridgehead atoms. The van der Waals surface area contributed by atoms with E-state index in [9.17, 15) is 5.11 Å². The normalized spacial score (nSPS) is 18.7. The molecular weight excluding hydrogens is 226 g/mol. The van der Waals surface area contributed by atoms with E-state index >= 15 is 0 Å². The van der Waals surface area contributed by atoms with Gasteiger partial charge in [-0.2, -0.15) is 0 Å². The Morgan fingerprint density at radius 3 is 2.56 bits per heavy atom. The van der Waals surface area contributed by atoms with Crippen molar-refractivity contribution in [1.82, 2.24) is 4.90 Å². The molecule has 3 heteroatoms. The SMILES string of the molecule is CCc1ccc(CN(C)CCC2(O)CCCC2)o1. The van der Waals surface area contributed by atoms with Crippen molar-refractivity contribution in [1.29, 1.82) is 0 Å². The van der Waals surface area contributed by atoms with E-state index in [1.807, 2.05) is 6.07 Å². The first-order chi connectivity index (χ1) is 8.61. The molecule has 1 aromatic heterocycles. The van der Waals surface area contributed by atoms with Gasteiger partial charge >= 0.3 is 0 Å². The Balaban J connectivity index is 1.76. The van der Waals surface area contributed by atoms with E-state index in [0.717, 1.165) is 50.3 Å². The summed E-state index contributed by atoms with van der Waals surface area (Å²) in [5, 5.41) is 10.3. The summed E-state index contributed by atoms with van der Waals surface area (Å²) in [5.74, 6) is 2.07. The molecule has 0 spiro atoms. The molecule has 2 rings (SSSR count). The number of hydrogen-bond donors (Lipinski definition) is 1. The van der Waals surface area contributed by atoms with Gasteiger partial charge in [-0.1, -0.05) is 19.8 Å². The first-order valence-corrected chi connectivity index (χ1v) is 7.10. The third-order valence-electron chi connectivity index (χ3n) is 3.98. The maximum absolute atomic E-state index is 10.3. The van der Waals surface area contributed by atoms with Gasteiger partial charge in [-0.15, -0.1) is 0 Å². The molecule has 0 amide bonds. The first kappa shape index (κ1) is 13.6. The highest BCUT2D eigenvalue weighted by Crippen LogP contribution is 2.32. The molecule has 1 aliphatic carbocycles. The second kappa shape index (κ2) is 5.89. The quantitative estimate of drug-likeness (QED) is 0.844. The van der Waals surface area contributed by atoms with Crippen molar-refractivity contribution in [2.24, 2.45) is 0 Å². The summed E-state index contributed by atoms with van der Waals surface area (Å²) >= 11 is 0. The van der Waals surface area contributed by atoms with E-state index in [2.05, 4.69) is 24.9 Å². The smallest absolute Gasteiger partial charge is 0.118 e. The predicted molar refractivity (Wildman–Crippen MR) is 72.5 cm³/mol. The zero-order valence-electron chi connectivity index (χ0n) is 11.6. The van der Waals surface area contributed by atoms with Gasteiger partial charge in [0.1, 0.15) is 11.5 Å². The monoisotopic (exact) mass is 251 g/mol. The second-order valence-corrected chi connectivity index (χ2v) is 5.64. The molecule has 0 unspecified atom stereocenters. The van der Waals surface area contributed by atoms with Gasteiger partial charge in [-0.25, -0.2) is 0 Å². The Hall–Kier alpha value is -0.800. The zero-order chi connectivity index (χ0) is 13.0. The lowest BCUT2D eigenvalue weighted by Crippen LogP contribution is -2.30. The van der Waals surface area contributed by atoms with Crippen molar-refractivity contribution in [3.63, 3.8) is 0 Å². The van der Waals surface area contributed by atoms with Crippen molar-refractivity contribution in [2.75, 3.05) is 13.6 Å². The van der Waals surface area contributed by atoms with Gasteiger partial charge in [0, 0.05) is 13.0 Å². The molecule has 1 heterocycles. The van der Waals surface area contributed by atoms with Gasteiger partial charge < -0.3 is 9.52 Å². The Kier molecular flexibility index (Phi) is 4.46. The van der Waals surface area contributed by atoms with Crippen LogP contribution >= 0.6 is 0 Å². The van der Waals surface area contributed by atoms with Gasteiger partial charge in [-0.3, -0.25) is 4.90 Å². The molecule has 0 aliphatic heterocycles. The lowest BCUT2D eigenvalue weighted by Gasteiger charge is -2.25. The van der Waals surface area contributed by atoms with Crippen molar-refractivity contribution in [3.8, 4) is 0 Å². The third-order valence-corrected chi connectivity index (χ3v) is 3.98. The molecule has 0 atom stereocenters. The van der Waals surface area contributed by atoms with Crippen LogP contribution in [0.2, 0.25) is 0 Å². The molecule has 1 aromatic rings. The topological polar surface area (TPSA) is 36.6 Å². The van der Waals surface area contributed by atoms with Crippen molar-refractivity contribution < 1.29 is 9.52 Å². The molecule has 1 aliphatic rings. The Morgan fingerprint density at radius 1 is 1.28 bits per heavy atom. The number of hydrogen-bond acceptors (Lipinski definition) is 3. The summed E-state index contributed by atoms with van der Waals surface area (Å²) < 4.78 is 5.70. The highest BCUT2D eigenvalue weighted by Gasteiger charge is 2.30. The standard InChI is InChI=1S/C15H25NO2/c1-3-13-6-7-14(18-13)12-16(2)11-10-15(17)8-4-5-9-15/h6-7,17H,3-5,8-12H2,1-2H3. The summed E-state index contributed by atoms with van der Waals surface area (Å²) in [5.41, 5.74) is -0.397. The summed E-state index contributed by atoms with van der Waals surface area (Å²) in [6.07, 6.45) is 6.13. The number of rotatable bonds is 6. The molecule has 0 saturated heterocycles. The Morgan fingerprint density at radius 2 is 1.94 bits per heavy atom. The van der Waals surface area contributed by atoms with Crippen LogP contribution in [-0.4, -0.2) is 29.2 Å². The Bertz CT molecular complexity index is 366. The van der Waals surface area contributed by atoms with Gasteiger partial charge in [0.2, 0.25) is 0 Å². The maximum atomic E-state index is 10.3. The number of furan rings is 1. The lowest BCUT2D eigenvalue weighted by molar-refractivity contribution is 0.0292. The van der Waals surface area contributed by atoms with Crippen LogP contribution in [0.5, 0.6) is 0 Å². The highest BCUT2D eigenvalue weighted by atomic mass is 16.3. The van der Waals surface area contributed by atoms with E-state index in [0.29, 0.717) is 0 Å². The van der Waals surface area contributed by atoms with Gasteiger partial charge in [0.15, 0.2) is 0 Å². The highest BCUT2D eigenvalue weighted by molar-refractivity contribution is 5.06. The average molecular weight is 251 g/mol. The summed E-state index contributed by atoms with van der Waals surface area (Å²) in [6, 6.07) is 4.10. The van der Waals surface area contributed by atoms with Crippen LogP contribution in [0.1, 0.15) is 50.5 Å². The minimum absolute atomic E-state index is 0.397. The lowest BCUT2D eigenvalue weighted by atomic mass is 9.98. The molecular formula is C15H25NO2. The number of aryl methyl sites for hydroxylation is 1. The molecule has 1 fully saturated rings. The van der Waals surface area contributed by atoms with Crippen molar-refractivity contribution in [2.45, 2.75) is 57.6 Å². The summed E-state index contributed by atoms with van der Waals surface area (Å²) in [7, 11) is 2.09. The van der Waals surface area contributed by atoms with E-state index in [1.54, 1.807) is 0 Å². The predicted octanol–water partition coefficient (Wildman–Crippen LogP) is 2.97. The molecule has 102 valence electrons. The summed E-state index contributed by atoms with van der Waals surface area (Å²) in [4.78, 5) is 2.23. The van der Waals surface area contributed by atoms with Crippen LogP contribution < -0.4 is 0 Å². The zero-order valence-corrected chi connectivity index (χ0v) is 11.6. The molecule has 0 radical (unpaired) electrons. The van der Waals surface area contributed by atoms with Gasteiger partial charge in [0.05, 0.1) is 12.1 Å². The van der Waals surface area contributed by atoms with Gasteiger partial charge in [0.25, 0.3) is 0 Å². The molecule has 3 nitrogen and oxygen atoms in total. The molecule has 1 N–H and O–H groups in total. The van der Waals surface area contributed by atoms with Crippen LogP contribution in [0.4, 0.5) is 0 Å². The minimum Gasteiger partial charge on any atom is -0.465 e. The van der Waals surface area contributed by atoms with Crippen molar-refractivity contribution >= 4 is 0 Å². The third kappa shape index (κ3) is 3.59.